The van der Waals surface area contributed by atoms with Crippen LogP contribution in [0.25, 0.3) is 0 Å². The predicted octanol–water partition coefficient (Wildman–Crippen LogP) is 1.47. The van der Waals surface area contributed by atoms with E-state index in [9.17, 15) is 0 Å². The number of hydrogen-bond donors (Lipinski definition) is 1. The van der Waals surface area contributed by atoms with Gasteiger partial charge in [-0.2, -0.15) is 0 Å². The van der Waals surface area contributed by atoms with Crippen molar-refractivity contribution in [3.05, 3.63) is 24.8 Å². The number of hydrogen-bond acceptors (Lipinski definition) is 1. The van der Waals surface area contributed by atoms with Gasteiger partial charge in [0.2, 0.25) is 0 Å². The van der Waals surface area contributed by atoms with Crippen LogP contribution in [-0.4, -0.2) is 6.54 Å². The number of allylic oxidation sites excluding steroid dienone is 3. The maximum Gasteiger partial charge on any atom is -0.00743 e. The predicted molar refractivity (Wildman–Crippen MR) is 37.6 cm³/mol. The fourth-order valence-electron chi connectivity index (χ4n) is 0.428. The summed E-state index contributed by atoms with van der Waals surface area (Å²) < 4.78 is 0. The van der Waals surface area contributed by atoms with Crippen LogP contribution in [-0.2, 0) is 0 Å². The molecule has 0 aliphatic rings. The first kappa shape index (κ1) is 7.44. The summed E-state index contributed by atoms with van der Waals surface area (Å²) in [4.78, 5) is 0. The molecular weight excluding hydrogens is 98.1 g/mol. The molecule has 0 aromatic carbocycles. The SMILES string of the molecule is C=CC=CCCCN. The van der Waals surface area contributed by atoms with Gasteiger partial charge in [0, 0.05) is 0 Å². The summed E-state index contributed by atoms with van der Waals surface area (Å²) >= 11 is 0. The molecule has 0 fully saturated rings. The zero-order valence-electron chi connectivity index (χ0n) is 5.14. The van der Waals surface area contributed by atoms with Crippen molar-refractivity contribution in [3.8, 4) is 0 Å². The summed E-state index contributed by atoms with van der Waals surface area (Å²) in [7, 11) is 0. The summed E-state index contributed by atoms with van der Waals surface area (Å²) in [5, 5.41) is 0. The van der Waals surface area contributed by atoms with E-state index in [4.69, 9.17) is 5.73 Å². The topological polar surface area (TPSA) is 26.0 Å². The van der Waals surface area contributed by atoms with E-state index in [0.717, 1.165) is 19.4 Å². The number of nitrogens with two attached hydrogens (primary N) is 1. The van der Waals surface area contributed by atoms with E-state index in [1.54, 1.807) is 6.08 Å². The van der Waals surface area contributed by atoms with Crippen LogP contribution in [0.4, 0.5) is 0 Å². The fourth-order valence-corrected chi connectivity index (χ4v) is 0.428. The Bertz CT molecular complexity index is 74.5. The molecule has 0 heterocycles. The maximum absolute atomic E-state index is 5.25. The first-order valence-electron chi connectivity index (χ1n) is 2.89. The molecule has 0 saturated carbocycles. The monoisotopic (exact) mass is 111 g/mol. The summed E-state index contributed by atoms with van der Waals surface area (Å²) in [6, 6.07) is 0. The Morgan fingerprint density at radius 2 is 2.25 bits per heavy atom. The lowest BCUT2D eigenvalue weighted by atomic mass is 10.3. The maximum atomic E-state index is 5.25. The van der Waals surface area contributed by atoms with E-state index in [1.807, 2.05) is 6.08 Å². The van der Waals surface area contributed by atoms with Gasteiger partial charge in [-0.1, -0.05) is 24.8 Å². The van der Waals surface area contributed by atoms with E-state index in [1.165, 1.54) is 0 Å². The molecular formula is C7H13N. The molecule has 0 aliphatic carbocycles. The van der Waals surface area contributed by atoms with Crippen LogP contribution in [0.5, 0.6) is 0 Å². The molecule has 0 aromatic rings. The molecule has 0 aliphatic heterocycles. The Morgan fingerprint density at radius 3 is 2.75 bits per heavy atom. The molecule has 1 heteroatoms. The second-order valence-corrected chi connectivity index (χ2v) is 1.59. The van der Waals surface area contributed by atoms with Gasteiger partial charge in [-0.05, 0) is 19.4 Å². The highest BCUT2D eigenvalue weighted by Gasteiger charge is 1.73. The summed E-state index contributed by atoms with van der Waals surface area (Å²) in [5.74, 6) is 0. The zero-order valence-corrected chi connectivity index (χ0v) is 5.14. The van der Waals surface area contributed by atoms with Crippen LogP contribution in [0, 0.1) is 0 Å². The van der Waals surface area contributed by atoms with E-state index >= 15 is 0 Å². The molecule has 0 saturated heterocycles. The summed E-state index contributed by atoms with van der Waals surface area (Å²) in [6.07, 6.45) is 7.93. The van der Waals surface area contributed by atoms with Gasteiger partial charge in [0.15, 0.2) is 0 Å². The van der Waals surface area contributed by atoms with Crippen molar-refractivity contribution in [2.45, 2.75) is 12.8 Å². The van der Waals surface area contributed by atoms with Crippen molar-refractivity contribution in [1.29, 1.82) is 0 Å². The van der Waals surface area contributed by atoms with Gasteiger partial charge in [-0.3, -0.25) is 0 Å². The second kappa shape index (κ2) is 6.44. The van der Waals surface area contributed by atoms with Crippen molar-refractivity contribution in [1.82, 2.24) is 0 Å². The highest BCUT2D eigenvalue weighted by molar-refractivity contribution is 4.96. The molecule has 8 heavy (non-hydrogen) atoms. The minimum Gasteiger partial charge on any atom is -0.330 e. The van der Waals surface area contributed by atoms with E-state index < -0.39 is 0 Å². The lowest BCUT2D eigenvalue weighted by Gasteiger charge is -1.84. The van der Waals surface area contributed by atoms with Crippen molar-refractivity contribution >= 4 is 0 Å². The van der Waals surface area contributed by atoms with Gasteiger partial charge in [-0.15, -0.1) is 0 Å². The smallest absolute Gasteiger partial charge is 0.00743 e. The minimum atomic E-state index is 0.779. The molecule has 0 amide bonds. The zero-order chi connectivity index (χ0) is 6.24. The molecule has 2 N–H and O–H groups in total. The Balaban J connectivity index is 2.91. The molecule has 0 bridgehead atoms. The van der Waals surface area contributed by atoms with Crippen LogP contribution < -0.4 is 5.73 Å². The normalized spacial score (nSPS) is 10.1. The molecule has 0 atom stereocenters. The minimum absolute atomic E-state index is 0.779. The molecule has 0 radical (unpaired) electrons. The largest absolute Gasteiger partial charge is 0.330 e. The highest BCUT2D eigenvalue weighted by Crippen LogP contribution is 1.86. The molecule has 0 rings (SSSR count). The summed E-state index contributed by atoms with van der Waals surface area (Å²) in [5.41, 5.74) is 5.25. The van der Waals surface area contributed by atoms with E-state index in [-0.39, 0.29) is 0 Å². The average molecular weight is 111 g/mol. The highest BCUT2D eigenvalue weighted by atomic mass is 14.5. The van der Waals surface area contributed by atoms with Crippen molar-refractivity contribution < 1.29 is 0 Å². The van der Waals surface area contributed by atoms with Gasteiger partial charge < -0.3 is 5.73 Å². The third-order valence-corrected chi connectivity index (χ3v) is 0.847. The molecule has 0 aromatic heterocycles. The molecule has 46 valence electrons. The number of rotatable bonds is 4. The Labute approximate surface area is 50.9 Å². The first-order chi connectivity index (χ1) is 3.91. The van der Waals surface area contributed by atoms with Crippen LogP contribution in [0.15, 0.2) is 24.8 Å². The quantitative estimate of drug-likeness (QED) is 0.431. The average Bonchev–Trinajstić information content (AvgIpc) is 1.81. The fraction of sp³-hybridized carbons (Fsp3) is 0.429. The Kier molecular flexibility index (Phi) is 5.99. The van der Waals surface area contributed by atoms with Gasteiger partial charge in [0.05, 0.1) is 0 Å². The third kappa shape index (κ3) is 5.44. The van der Waals surface area contributed by atoms with Gasteiger partial charge in [0.1, 0.15) is 0 Å². The lowest BCUT2D eigenvalue weighted by Crippen LogP contribution is -1.96. The Hall–Kier alpha value is -0.560. The Morgan fingerprint density at radius 1 is 1.50 bits per heavy atom. The molecule has 1 nitrogen and oxygen atoms in total. The number of unbranched alkanes of at least 4 members (excludes halogenated alkanes) is 1. The van der Waals surface area contributed by atoms with Crippen LogP contribution in [0.3, 0.4) is 0 Å². The van der Waals surface area contributed by atoms with Crippen LogP contribution in [0.1, 0.15) is 12.8 Å². The third-order valence-electron chi connectivity index (χ3n) is 0.847. The second-order valence-electron chi connectivity index (χ2n) is 1.59. The van der Waals surface area contributed by atoms with E-state index in [0.29, 0.717) is 0 Å². The van der Waals surface area contributed by atoms with Gasteiger partial charge in [0.25, 0.3) is 0 Å². The van der Waals surface area contributed by atoms with Crippen molar-refractivity contribution in [2.24, 2.45) is 5.73 Å². The van der Waals surface area contributed by atoms with Crippen molar-refractivity contribution in [3.63, 3.8) is 0 Å². The van der Waals surface area contributed by atoms with Crippen LogP contribution >= 0.6 is 0 Å². The summed E-state index contributed by atoms with van der Waals surface area (Å²) in [6.45, 7) is 4.32. The van der Waals surface area contributed by atoms with Gasteiger partial charge >= 0.3 is 0 Å². The van der Waals surface area contributed by atoms with E-state index in [2.05, 4.69) is 12.7 Å². The van der Waals surface area contributed by atoms with Gasteiger partial charge in [-0.25, -0.2) is 0 Å². The van der Waals surface area contributed by atoms with Crippen molar-refractivity contribution in [2.75, 3.05) is 6.54 Å². The lowest BCUT2D eigenvalue weighted by molar-refractivity contribution is 0.855. The van der Waals surface area contributed by atoms with Crippen LogP contribution in [0.2, 0.25) is 0 Å². The molecule has 0 spiro atoms. The molecule has 0 unspecified atom stereocenters. The first-order valence-corrected chi connectivity index (χ1v) is 2.89. The standard InChI is InChI=1S/C7H13N/c1-2-3-4-5-6-7-8/h2-4H,1,5-8H2.